The molecule has 1 saturated heterocycles. The van der Waals surface area contributed by atoms with E-state index >= 15 is 0 Å². The van der Waals surface area contributed by atoms with E-state index in [2.05, 4.69) is 0 Å². The Morgan fingerprint density at radius 2 is 2.07 bits per heavy atom. The van der Waals surface area contributed by atoms with Crippen LogP contribution in [0.4, 0.5) is 8.78 Å². The minimum Gasteiger partial charge on any atom is -0.509 e. The van der Waals surface area contributed by atoms with E-state index in [1.807, 2.05) is 13.8 Å². The number of fused-ring (bicyclic) bond motifs is 1. The van der Waals surface area contributed by atoms with Gasteiger partial charge in [-0.05, 0) is 31.7 Å². The molecule has 28 heavy (non-hydrogen) atoms. The van der Waals surface area contributed by atoms with Crippen LogP contribution in [0.5, 0.6) is 0 Å². The SMILES string of the molecule is CC(C)COC(=O)C1=C(O)[C@@]2(C)CCCN2N(Cc2cccc(F)c2F)C1=O. The first kappa shape index (κ1) is 20.3. The molecule has 1 amide bonds. The Morgan fingerprint density at radius 3 is 2.75 bits per heavy atom. The summed E-state index contributed by atoms with van der Waals surface area (Å²) >= 11 is 0. The van der Waals surface area contributed by atoms with E-state index in [0.717, 1.165) is 6.07 Å². The third kappa shape index (κ3) is 3.37. The number of hydrazine groups is 1. The molecule has 0 radical (unpaired) electrons. The van der Waals surface area contributed by atoms with Crippen LogP contribution in [0.15, 0.2) is 29.5 Å². The summed E-state index contributed by atoms with van der Waals surface area (Å²) in [4.78, 5) is 25.6. The molecule has 152 valence electrons. The second-order valence-corrected chi connectivity index (χ2v) is 7.79. The number of hydrogen-bond acceptors (Lipinski definition) is 5. The highest BCUT2D eigenvalue weighted by Crippen LogP contribution is 2.41. The Bertz CT molecular complexity index is 839. The Morgan fingerprint density at radius 1 is 1.36 bits per heavy atom. The van der Waals surface area contributed by atoms with Crippen LogP contribution >= 0.6 is 0 Å². The smallest absolute Gasteiger partial charge is 0.347 e. The van der Waals surface area contributed by atoms with Gasteiger partial charge in [-0.2, -0.15) is 0 Å². The van der Waals surface area contributed by atoms with Crippen molar-refractivity contribution in [3.8, 4) is 0 Å². The predicted octanol–water partition coefficient (Wildman–Crippen LogP) is 3.09. The van der Waals surface area contributed by atoms with Crippen molar-refractivity contribution in [1.82, 2.24) is 10.0 Å². The first-order chi connectivity index (χ1) is 13.2. The average Bonchev–Trinajstić information content (AvgIpc) is 3.03. The van der Waals surface area contributed by atoms with Gasteiger partial charge in [0.1, 0.15) is 5.76 Å². The zero-order valence-electron chi connectivity index (χ0n) is 16.2. The van der Waals surface area contributed by atoms with Crippen LogP contribution < -0.4 is 0 Å². The number of carbonyl (C=O) groups excluding carboxylic acids is 2. The second kappa shape index (κ2) is 7.50. The van der Waals surface area contributed by atoms with Gasteiger partial charge in [0.2, 0.25) is 0 Å². The quantitative estimate of drug-likeness (QED) is 0.614. The van der Waals surface area contributed by atoms with Crippen molar-refractivity contribution < 1.29 is 28.2 Å². The summed E-state index contributed by atoms with van der Waals surface area (Å²) < 4.78 is 32.9. The first-order valence-corrected chi connectivity index (χ1v) is 9.30. The Hall–Kier alpha value is -2.48. The number of carbonyl (C=O) groups is 2. The van der Waals surface area contributed by atoms with Crippen molar-refractivity contribution in [3.63, 3.8) is 0 Å². The van der Waals surface area contributed by atoms with E-state index in [9.17, 15) is 23.5 Å². The number of rotatable bonds is 5. The number of nitrogens with zero attached hydrogens (tertiary/aromatic N) is 2. The molecule has 1 N–H and O–H groups in total. The minimum atomic E-state index is -1.04. The van der Waals surface area contributed by atoms with Crippen LogP contribution in [-0.4, -0.2) is 45.7 Å². The molecular formula is C20H24F2N2O4. The van der Waals surface area contributed by atoms with Crippen molar-refractivity contribution in [2.75, 3.05) is 13.2 Å². The summed E-state index contributed by atoms with van der Waals surface area (Å²) in [5, 5.41) is 13.6. The van der Waals surface area contributed by atoms with E-state index in [-0.39, 0.29) is 30.4 Å². The maximum absolute atomic E-state index is 14.2. The molecule has 0 aliphatic carbocycles. The lowest BCUT2D eigenvalue weighted by Crippen LogP contribution is -2.60. The van der Waals surface area contributed by atoms with Crippen LogP contribution in [0, 0.1) is 17.6 Å². The molecule has 8 heteroatoms. The van der Waals surface area contributed by atoms with Crippen LogP contribution in [-0.2, 0) is 20.9 Å². The van der Waals surface area contributed by atoms with Gasteiger partial charge < -0.3 is 9.84 Å². The number of hydrogen-bond donors (Lipinski definition) is 1. The maximum Gasteiger partial charge on any atom is 0.347 e. The molecule has 6 nitrogen and oxygen atoms in total. The molecule has 2 aliphatic heterocycles. The van der Waals surface area contributed by atoms with Crippen molar-refractivity contribution >= 4 is 11.9 Å². The fraction of sp³-hybridized carbons (Fsp3) is 0.500. The summed E-state index contributed by atoms with van der Waals surface area (Å²) in [5.41, 5.74) is -1.44. The normalized spacial score (nSPS) is 22.8. The van der Waals surface area contributed by atoms with Crippen molar-refractivity contribution in [2.24, 2.45) is 5.92 Å². The summed E-state index contributed by atoms with van der Waals surface area (Å²) in [6.07, 6.45) is 1.18. The lowest BCUT2D eigenvalue weighted by atomic mass is 9.91. The van der Waals surface area contributed by atoms with E-state index in [4.69, 9.17) is 4.74 Å². The average molecular weight is 394 g/mol. The fourth-order valence-corrected chi connectivity index (χ4v) is 3.67. The van der Waals surface area contributed by atoms with Gasteiger partial charge in [0.25, 0.3) is 5.91 Å². The van der Waals surface area contributed by atoms with Crippen molar-refractivity contribution in [2.45, 2.75) is 45.7 Å². The predicted molar refractivity (Wildman–Crippen MR) is 96.7 cm³/mol. The number of benzene rings is 1. The Kier molecular flexibility index (Phi) is 5.43. The van der Waals surface area contributed by atoms with Gasteiger partial charge in [-0.25, -0.2) is 18.6 Å². The van der Waals surface area contributed by atoms with Gasteiger partial charge in [-0.1, -0.05) is 26.0 Å². The molecule has 0 unspecified atom stereocenters. The summed E-state index contributed by atoms with van der Waals surface area (Å²) in [5.74, 6) is -4.02. The molecule has 3 rings (SSSR count). The van der Waals surface area contributed by atoms with Crippen molar-refractivity contribution in [1.29, 1.82) is 0 Å². The third-order valence-electron chi connectivity index (χ3n) is 5.19. The molecule has 0 bridgehead atoms. The van der Waals surface area contributed by atoms with Crippen molar-refractivity contribution in [3.05, 3.63) is 46.7 Å². The molecule has 0 aromatic heterocycles. The van der Waals surface area contributed by atoms with Gasteiger partial charge in [0.15, 0.2) is 17.2 Å². The Labute approximate surface area is 162 Å². The van der Waals surface area contributed by atoms with E-state index < -0.39 is 34.6 Å². The monoisotopic (exact) mass is 394 g/mol. The molecule has 0 spiro atoms. The summed E-state index contributed by atoms with van der Waals surface area (Å²) in [7, 11) is 0. The number of ether oxygens (including phenoxy) is 1. The topological polar surface area (TPSA) is 70.1 Å². The summed E-state index contributed by atoms with van der Waals surface area (Å²) in [6, 6.07) is 3.74. The molecule has 2 heterocycles. The first-order valence-electron chi connectivity index (χ1n) is 9.30. The van der Waals surface area contributed by atoms with Crippen LogP contribution in [0.1, 0.15) is 39.2 Å². The highest BCUT2D eigenvalue weighted by molar-refractivity contribution is 6.17. The maximum atomic E-state index is 14.2. The molecule has 1 aromatic carbocycles. The third-order valence-corrected chi connectivity index (χ3v) is 5.19. The van der Waals surface area contributed by atoms with E-state index in [1.54, 1.807) is 11.9 Å². The molecule has 1 aromatic rings. The number of esters is 1. The Balaban J connectivity index is 1.99. The minimum absolute atomic E-state index is 0.0149. The zero-order chi connectivity index (χ0) is 20.6. The second-order valence-electron chi connectivity index (χ2n) is 7.79. The molecule has 1 fully saturated rings. The molecule has 0 saturated carbocycles. The van der Waals surface area contributed by atoms with E-state index in [0.29, 0.717) is 19.4 Å². The van der Waals surface area contributed by atoms with Crippen LogP contribution in [0.3, 0.4) is 0 Å². The highest BCUT2D eigenvalue weighted by Gasteiger charge is 2.53. The van der Waals surface area contributed by atoms with Gasteiger partial charge in [0.05, 0.1) is 18.7 Å². The molecular weight excluding hydrogens is 370 g/mol. The fourth-order valence-electron chi connectivity index (χ4n) is 3.67. The number of amides is 1. The lowest BCUT2D eigenvalue weighted by Gasteiger charge is -2.46. The molecule has 2 aliphatic rings. The molecule has 1 atom stereocenters. The number of halogens is 2. The summed E-state index contributed by atoms with van der Waals surface area (Å²) in [6.45, 7) is 5.70. The van der Waals surface area contributed by atoms with Gasteiger partial charge >= 0.3 is 5.97 Å². The van der Waals surface area contributed by atoms with E-state index in [1.165, 1.54) is 17.1 Å². The van der Waals surface area contributed by atoms with Gasteiger partial charge in [-0.3, -0.25) is 9.80 Å². The van der Waals surface area contributed by atoms with Crippen LogP contribution in [0.25, 0.3) is 0 Å². The largest absolute Gasteiger partial charge is 0.509 e. The lowest BCUT2D eigenvalue weighted by molar-refractivity contribution is -0.164. The number of aliphatic hydroxyl groups is 1. The van der Waals surface area contributed by atoms with Crippen LogP contribution in [0.2, 0.25) is 0 Å². The van der Waals surface area contributed by atoms with Gasteiger partial charge in [0, 0.05) is 12.1 Å². The number of aliphatic hydroxyl groups excluding tert-OH is 1. The highest BCUT2D eigenvalue weighted by atomic mass is 19.2. The zero-order valence-corrected chi connectivity index (χ0v) is 16.2. The standard InChI is InChI=1S/C20H24F2N2O4/c1-12(2)11-28-19(27)15-17(25)20(3)8-5-9-24(20)23(18(15)26)10-13-6-4-7-14(21)16(13)22/h4,6-7,12,25H,5,8-11H2,1-3H3/t20-/m1/s1. The van der Waals surface area contributed by atoms with Gasteiger partial charge in [-0.15, -0.1) is 0 Å².